The van der Waals surface area contributed by atoms with E-state index >= 15 is 0 Å². The van der Waals surface area contributed by atoms with Crippen LogP contribution in [0, 0.1) is 31.0 Å². The number of carbonyl (C=O) groups is 3. The molecule has 7 nitrogen and oxygen atoms in total. The second-order valence-corrected chi connectivity index (χ2v) is 6.34. The first-order valence-electron chi connectivity index (χ1n) is 8.21. The molecule has 140 valence electrons. The number of nitrogens with zero attached hydrogens (tertiary/aromatic N) is 1. The predicted octanol–water partition coefficient (Wildman–Crippen LogP) is 2.60. The Morgan fingerprint density at radius 3 is 2.48 bits per heavy atom. The van der Waals surface area contributed by atoms with Crippen molar-refractivity contribution in [1.29, 1.82) is 5.26 Å². The Bertz CT molecular complexity index is 970. The lowest BCUT2D eigenvalue weighted by atomic mass is 10.1. The van der Waals surface area contributed by atoms with Crippen LogP contribution in [0.1, 0.15) is 51.5 Å². The van der Waals surface area contributed by atoms with Gasteiger partial charge in [-0.1, -0.05) is 0 Å². The second-order valence-electron chi connectivity index (χ2n) is 6.34. The Hall–Kier alpha value is -3.47. The van der Waals surface area contributed by atoms with Crippen molar-refractivity contribution in [2.45, 2.75) is 33.7 Å². The van der Waals surface area contributed by atoms with Crippen LogP contribution in [0.5, 0.6) is 0 Å². The van der Waals surface area contributed by atoms with E-state index in [1.807, 2.05) is 0 Å². The molecule has 1 aromatic heterocycles. The number of anilines is 1. The van der Waals surface area contributed by atoms with Gasteiger partial charge in [-0.2, -0.15) is 5.26 Å². The van der Waals surface area contributed by atoms with Crippen molar-refractivity contribution >= 4 is 23.3 Å². The maximum atomic E-state index is 13.4. The largest absolute Gasteiger partial charge is 0.355 e. The summed E-state index contributed by atoms with van der Waals surface area (Å²) < 4.78 is 13.4. The molecule has 2 amide bonds. The second kappa shape index (κ2) is 7.83. The molecule has 0 unspecified atom stereocenters. The maximum Gasteiger partial charge on any atom is 0.294 e. The minimum absolute atomic E-state index is 0.0348. The van der Waals surface area contributed by atoms with E-state index in [1.54, 1.807) is 33.8 Å². The van der Waals surface area contributed by atoms with Gasteiger partial charge in [0.1, 0.15) is 11.9 Å². The Kier molecular flexibility index (Phi) is 5.75. The lowest BCUT2D eigenvalue weighted by Gasteiger charge is -2.08. The quantitative estimate of drug-likeness (QED) is 0.554. The third-order valence-corrected chi connectivity index (χ3v) is 3.86. The highest BCUT2D eigenvalue weighted by molar-refractivity contribution is 6.43. The zero-order valence-electron chi connectivity index (χ0n) is 15.4. The molecule has 1 aromatic carbocycles. The standard InChI is InChI=1S/C19H19FN4O3/c1-9(2)22-19(27)17(25)16-10(3)15(11(4)23-16)18(26)24-13-5-6-14(20)12(7-13)8-21/h5-7,9,23H,1-4H3,(H,22,27)(H,24,26). The number of Topliss-reactive ketones (excluding diaryl/α,β-unsaturated/α-hetero) is 1. The average molecular weight is 370 g/mol. The number of ketones is 1. The summed E-state index contributed by atoms with van der Waals surface area (Å²) in [4.78, 5) is 39.6. The highest BCUT2D eigenvalue weighted by Crippen LogP contribution is 2.21. The fourth-order valence-electron chi connectivity index (χ4n) is 2.64. The first kappa shape index (κ1) is 19.8. The molecule has 0 bridgehead atoms. The van der Waals surface area contributed by atoms with Gasteiger partial charge in [0.25, 0.3) is 17.6 Å². The van der Waals surface area contributed by atoms with Crippen molar-refractivity contribution in [3.05, 3.63) is 52.1 Å². The van der Waals surface area contributed by atoms with E-state index in [-0.39, 0.29) is 28.6 Å². The molecule has 0 atom stereocenters. The van der Waals surface area contributed by atoms with Crippen molar-refractivity contribution in [2.75, 3.05) is 5.32 Å². The first-order chi connectivity index (χ1) is 12.6. The molecule has 0 aliphatic rings. The summed E-state index contributed by atoms with van der Waals surface area (Å²) in [6.07, 6.45) is 0. The van der Waals surface area contributed by atoms with Crippen molar-refractivity contribution < 1.29 is 18.8 Å². The maximum absolute atomic E-state index is 13.4. The Morgan fingerprint density at radius 1 is 1.22 bits per heavy atom. The lowest BCUT2D eigenvalue weighted by molar-refractivity contribution is -0.117. The molecule has 0 radical (unpaired) electrons. The van der Waals surface area contributed by atoms with Crippen LogP contribution < -0.4 is 10.6 Å². The molecule has 0 aliphatic heterocycles. The molecular formula is C19H19FN4O3. The van der Waals surface area contributed by atoms with Gasteiger partial charge in [-0.15, -0.1) is 0 Å². The number of amides is 2. The Morgan fingerprint density at radius 2 is 1.89 bits per heavy atom. The SMILES string of the molecule is Cc1[nH]c(C(=O)C(=O)NC(C)C)c(C)c1C(=O)Nc1ccc(F)c(C#N)c1. The van der Waals surface area contributed by atoms with Gasteiger partial charge in [-0.05, 0) is 51.5 Å². The van der Waals surface area contributed by atoms with E-state index in [4.69, 9.17) is 5.26 Å². The number of hydrogen-bond acceptors (Lipinski definition) is 4. The molecule has 0 spiro atoms. The van der Waals surface area contributed by atoms with E-state index in [1.165, 1.54) is 12.1 Å². The van der Waals surface area contributed by atoms with Gasteiger partial charge in [0.15, 0.2) is 0 Å². The average Bonchev–Trinajstić information content (AvgIpc) is 2.89. The minimum Gasteiger partial charge on any atom is -0.355 e. The number of rotatable bonds is 5. The molecule has 2 aromatic rings. The molecule has 8 heteroatoms. The number of nitriles is 1. The predicted molar refractivity (Wildman–Crippen MR) is 96.9 cm³/mol. The molecule has 27 heavy (non-hydrogen) atoms. The van der Waals surface area contributed by atoms with Crippen LogP contribution in [-0.4, -0.2) is 28.6 Å². The third-order valence-electron chi connectivity index (χ3n) is 3.86. The summed E-state index contributed by atoms with van der Waals surface area (Å²) >= 11 is 0. The van der Waals surface area contributed by atoms with E-state index in [2.05, 4.69) is 15.6 Å². The van der Waals surface area contributed by atoms with Gasteiger partial charge in [-0.25, -0.2) is 4.39 Å². The smallest absolute Gasteiger partial charge is 0.294 e. The van der Waals surface area contributed by atoms with Crippen molar-refractivity contribution in [1.82, 2.24) is 10.3 Å². The summed E-state index contributed by atoms with van der Waals surface area (Å²) in [7, 11) is 0. The highest BCUT2D eigenvalue weighted by Gasteiger charge is 2.26. The van der Waals surface area contributed by atoms with Crippen LogP contribution in [-0.2, 0) is 4.79 Å². The van der Waals surface area contributed by atoms with E-state index in [9.17, 15) is 18.8 Å². The topological polar surface area (TPSA) is 115 Å². The molecule has 0 saturated carbocycles. The van der Waals surface area contributed by atoms with Gasteiger partial charge >= 0.3 is 0 Å². The number of aromatic nitrogens is 1. The molecule has 1 heterocycles. The lowest BCUT2D eigenvalue weighted by Crippen LogP contribution is -2.36. The number of benzene rings is 1. The van der Waals surface area contributed by atoms with Gasteiger partial charge in [0.05, 0.1) is 16.8 Å². The Labute approximate surface area is 155 Å². The van der Waals surface area contributed by atoms with Gasteiger partial charge in [0.2, 0.25) is 0 Å². The fraction of sp³-hybridized carbons (Fsp3) is 0.263. The monoisotopic (exact) mass is 370 g/mol. The summed E-state index contributed by atoms with van der Waals surface area (Å²) in [5.41, 5.74) is 1.02. The zero-order valence-corrected chi connectivity index (χ0v) is 15.4. The molecule has 3 N–H and O–H groups in total. The number of nitrogens with one attached hydrogen (secondary N) is 3. The number of aryl methyl sites for hydroxylation is 1. The highest BCUT2D eigenvalue weighted by atomic mass is 19.1. The molecular weight excluding hydrogens is 351 g/mol. The van der Waals surface area contributed by atoms with Gasteiger partial charge in [0, 0.05) is 17.4 Å². The summed E-state index contributed by atoms with van der Waals surface area (Å²) in [6.45, 7) is 6.62. The molecule has 0 fully saturated rings. The van der Waals surface area contributed by atoms with Crippen molar-refractivity contribution in [3.63, 3.8) is 0 Å². The van der Waals surface area contributed by atoms with E-state index < -0.39 is 23.4 Å². The summed E-state index contributed by atoms with van der Waals surface area (Å²) in [5, 5.41) is 14.0. The van der Waals surface area contributed by atoms with Crippen LogP contribution >= 0.6 is 0 Å². The van der Waals surface area contributed by atoms with Crippen LogP contribution in [0.15, 0.2) is 18.2 Å². The first-order valence-corrected chi connectivity index (χ1v) is 8.21. The van der Waals surface area contributed by atoms with E-state index in [0.717, 1.165) is 6.07 Å². The number of H-pyrrole nitrogens is 1. The van der Waals surface area contributed by atoms with Crippen molar-refractivity contribution in [3.8, 4) is 6.07 Å². The van der Waals surface area contributed by atoms with Crippen LogP contribution in [0.4, 0.5) is 10.1 Å². The normalized spacial score (nSPS) is 10.4. The van der Waals surface area contributed by atoms with Crippen LogP contribution in [0.3, 0.4) is 0 Å². The van der Waals surface area contributed by atoms with Crippen LogP contribution in [0.2, 0.25) is 0 Å². The zero-order chi connectivity index (χ0) is 20.3. The third kappa shape index (κ3) is 4.20. The van der Waals surface area contributed by atoms with Gasteiger partial charge < -0.3 is 15.6 Å². The molecule has 2 rings (SSSR count). The molecule has 0 aliphatic carbocycles. The number of hydrogen-bond donors (Lipinski definition) is 3. The Balaban J connectivity index is 2.30. The fourth-order valence-corrected chi connectivity index (χ4v) is 2.64. The van der Waals surface area contributed by atoms with Crippen molar-refractivity contribution in [2.24, 2.45) is 0 Å². The summed E-state index contributed by atoms with van der Waals surface area (Å²) in [5.74, 6) is -2.76. The number of halogens is 1. The van der Waals surface area contributed by atoms with E-state index in [0.29, 0.717) is 11.3 Å². The van der Waals surface area contributed by atoms with Crippen LogP contribution in [0.25, 0.3) is 0 Å². The number of aromatic amines is 1. The van der Waals surface area contributed by atoms with Gasteiger partial charge in [-0.3, -0.25) is 14.4 Å². The minimum atomic E-state index is -0.767. The summed E-state index contributed by atoms with van der Waals surface area (Å²) in [6, 6.07) is 5.12. The number of carbonyl (C=O) groups excluding carboxylic acids is 3. The molecule has 0 saturated heterocycles.